The van der Waals surface area contributed by atoms with Gasteiger partial charge in [-0.1, -0.05) is 6.07 Å². The fraction of sp³-hybridized carbons (Fsp3) is 0.467. The molecule has 0 aromatic carbocycles. The number of hydrogen-bond acceptors (Lipinski definition) is 5. The van der Waals surface area contributed by atoms with Crippen LogP contribution in [0.15, 0.2) is 29.2 Å². The molecule has 0 spiro atoms. The number of carboxylic acid groups (broad SMARTS) is 1. The van der Waals surface area contributed by atoms with Crippen LogP contribution in [0.1, 0.15) is 12.8 Å². The summed E-state index contributed by atoms with van der Waals surface area (Å²) < 4.78 is 7.65. The molecule has 0 aliphatic carbocycles. The van der Waals surface area contributed by atoms with Crippen LogP contribution in [0.5, 0.6) is 0 Å². The Morgan fingerprint density at radius 2 is 2.08 bits per heavy atom. The number of fused-ring (bicyclic) bond motifs is 1. The van der Waals surface area contributed by atoms with Crippen LogP contribution in [-0.4, -0.2) is 61.9 Å². The van der Waals surface area contributed by atoms with Crippen molar-refractivity contribution in [2.24, 2.45) is 0 Å². The fourth-order valence-electron chi connectivity index (χ4n) is 2.85. The molecule has 1 amide bonds. The summed E-state index contributed by atoms with van der Waals surface area (Å²) in [4.78, 5) is 37.2. The molecule has 9 heteroatoms. The van der Waals surface area contributed by atoms with E-state index in [-0.39, 0.29) is 12.6 Å². The third-order valence-electron chi connectivity index (χ3n) is 4.03. The molecule has 3 rings (SSSR count). The summed E-state index contributed by atoms with van der Waals surface area (Å²) in [5.74, 6) is -1.52. The van der Waals surface area contributed by atoms with E-state index in [1.54, 1.807) is 24.4 Å². The van der Waals surface area contributed by atoms with Gasteiger partial charge in [-0.2, -0.15) is 0 Å². The van der Waals surface area contributed by atoms with Gasteiger partial charge < -0.3 is 14.7 Å². The number of carboxylic acids is 1. The SMILES string of the molecule is O=C(O)CN(C(=O)Cn1nc2ccccn2c1=O)C1CCOCC1. The highest BCUT2D eigenvalue weighted by molar-refractivity contribution is 5.81. The van der Waals surface area contributed by atoms with Crippen LogP contribution in [0.3, 0.4) is 0 Å². The number of pyridine rings is 1. The molecule has 128 valence electrons. The zero-order valence-electron chi connectivity index (χ0n) is 13.0. The van der Waals surface area contributed by atoms with E-state index < -0.39 is 24.1 Å². The van der Waals surface area contributed by atoms with E-state index in [0.29, 0.717) is 31.7 Å². The van der Waals surface area contributed by atoms with Crippen molar-refractivity contribution in [3.05, 3.63) is 34.9 Å². The van der Waals surface area contributed by atoms with Crippen molar-refractivity contribution in [3.8, 4) is 0 Å². The molecular weight excluding hydrogens is 316 g/mol. The fourth-order valence-corrected chi connectivity index (χ4v) is 2.85. The molecule has 2 aromatic heterocycles. The molecule has 0 radical (unpaired) electrons. The van der Waals surface area contributed by atoms with Crippen molar-refractivity contribution in [1.29, 1.82) is 0 Å². The topological polar surface area (TPSA) is 106 Å². The molecule has 1 N–H and O–H groups in total. The molecule has 0 bridgehead atoms. The maximum atomic E-state index is 12.6. The summed E-state index contributed by atoms with van der Waals surface area (Å²) in [6.45, 7) is 0.293. The van der Waals surface area contributed by atoms with Crippen LogP contribution in [0.25, 0.3) is 5.65 Å². The first-order chi connectivity index (χ1) is 11.6. The number of nitrogens with zero attached hydrogens (tertiary/aromatic N) is 4. The third-order valence-corrected chi connectivity index (χ3v) is 4.03. The quantitative estimate of drug-likeness (QED) is 0.797. The van der Waals surface area contributed by atoms with Crippen LogP contribution in [0.4, 0.5) is 0 Å². The number of hydrogen-bond donors (Lipinski definition) is 1. The smallest absolute Gasteiger partial charge is 0.350 e. The number of carbonyl (C=O) groups is 2. The lowest BCUT2D eigenvalue weighted by atomic mass is 10.1. The molecule has 1 fully saturated rings. The number of ether oxygens (including phenoxy) is 1. The minimum absolute atomic E-state index is 0.199. The Bertz CT molecular complexity index is 806. The Kier molecular flexibility index (Phi) is 4.61. The summed E-state index contributed by atoms with van der Waals surface area (Å²) in [7, 11) is 0. The van der Waals surface area contributed by atoms with Crippen LogP contribution in [0, 0.1) is 0 Å². The number of rotatable bonds is 5. The van der Waals surface area contributed by atoms with E-state index in [1.165, 1.54) is 9.30 Å². The number of aliphatic carboxylic acids is 1. The van der Waals surface area contributed by atoms with Gasteiger partial charge in [0.25, 0.3) is 0 Å². The predicted octanol–water partition coefficient (Wildman–Crippen LogP) is -0.412. The van der Waals surface area contributed by atoms with Crippen molar-refractivity contribution in [2.75, 3.05) is 19.8 Å². The van der Waals surface area contributed by atoms with Crippen molar-refractivity contribution in [3.63, 3.8) is 0 Å². The Morgan fingerprint density at radius 3 is 2.75 bits per heavy atom. The van der Waals surface area contributed by atoms with E-state index in [0.717, 1.165) is 4.68 Å². The van der Waals surface area contributed by atoms with Crippen LogP contribution < -0.4 is 5.69 Å². The zero-order chi connectivity index (χ0) is 17.1. The highest BCUT2D eigenvalue weighted by Crippen LogP contribution is 2.15. The van der Waals surface area contributed by atoms with Gasteiger partial charge >= 0.3 is 11.7 Å². The number of aromatic nitrogens is 3. The monoisotopic (exact) mass is 334 g/mol. The maximum absolute atomic E-state index is 12.6. The van der Waals surface area contributed by atoms with Gasteiger partial charge in [-0.15, -0.1) is 5.10 Å². The number of carbonyl (C=O) groups excluding carboxylic acids is 1. The molecule has 9 nitrogen and oxygen atoms in total. The largest absolute Gasteiger partial charge is 0.480 e. The van der Waals surface area contributed by atoms with Crippen LogP contribution >= 0.6 is 0 Å². The molecule has 1 aliphatic heterocycles. The second-order valence-electron chi connectivity index (χ2n) is 5.63. The van der Waals surface area contributed by atoms with Gasteiger partial charge in [-0.25, -0.2) is 9.48 Å². The zero-order valence-corrected chi connectivity index (χ0v) is 13.0. The Labute approximate surface area is 137 Å². The summed E-state index contributed by atoms with van der Waals surface area (Å²) in [5, 5.41) is 13.2. The Balaban J connectivity index is 1.82. The second kappa shape index (κ2) is 6.83. The first-order valence-electron chi connectivity index (χ1n) is 7.69. The van der Waals surface area contributed by atoms with Crippen molar-refractivity contribution in [2.45, 2.75) is 25.4 Å². The van der Waals surface area contributed by atoms with Gasteiger partial charge in [0.15, 0.2) is 5.65 Å². The third kappa shape index (κ3) is 3.30. The lowest BCUT2D eigenvalue weighted by Crippen LogP contribution is -2.48. The maximum Gasteiger partial charge on any atom is 0.350 e. The minimum Gasteiger partial charge on any atom is -0.480 e. The lowest BCUT2D eigenvalue weighted by Gasteiger charge is -2.33. The van der Waals surface area contributed by atoms with E-state index in [2.05, 4.69) is 5.10 Å². The van der Waals surface area contributed by atoms with Crippen LogP contribution in [-0.2, 0) is 20.9 Å². The van der Waals surface area contributed by atoms with E-state index in [9.17, 15) is 14.4 Å². The molecule has 0 saturated carbocycles. The highest BCUT2D eigenvalue weighted by Gasteiger charge is 2.28. The lowest BCUT2D eigenvalue weighted by molar-refractivity contribution is -0.148. The van der Waals surface area contributed by atoms with E-state index >= 15 is 0 Å². The van der Waals surface area contributed by atoms with Gasteiger partial charge in [0.1, 0.15) is 13.1 Å². The predicted molar refractivity (Wildman–Crippen MR) is 82.6 cm³/mol. The standard InChI is InChI=1S/C15H18N4O5/c20-13(18(10-14(21)22)11-4-7-24-8-5-11)9-19-15(23)17-6-2-1-3-12(17)16-19/h1-3,6,11H,4-5,7-10H2,(H,21,22). The highest BCUT2D eigenvalue weighted by atomic mass is 16.5. The summed E-state index contributed by atoms with van der Waals surface area (Å²) in [6.07, 6.45) is 2.73. The summed E-state index contributed by atoms with van der Waals surface area (Å²) in [5.41, 5.74) is 0.00681. The second-order valence-corrected chi connectivity index (χ2v) is 5.63. The first kappa shape index (κ1) is 16.2. The number of amides is 1. The Hall–Kier alpha value is -2.68. The van der Waals surface area contributed by atoms with Crippen molar-refractivity contribution in [1.82, 2.24) is 19.1 Å². The molecular formula is C15H18N4O5. The van der Waals surface area contributed by atoms with Gasteiger partial charge in [-0.3, -0.25) is 14.0 Å². The van der Waals surface area contributed by atoms with E-state index in [4.69, 9.17) is 9.84 Å². The van der Waals surface area contributed by atoms with Crippen molar-refractivity contribution < 1.29 is 19.4 Å². The van der Waals surface area contributed by atoms with Crippen LogP contribution in [0.2, 0.25) is 0 Å². The van der Waals surface area contributed by atoms with Gasteiger partial charge in [-0.05, 0) is 25.0 Å². The average molecular weight is 334 g/mol. The first-order valence-corrected chi connectivity index (χ1v) is 7.69. The Morgan fingerprint density at radius 1 is 1.33 bits per heavy atom. The average Bonchev–Trinajstić information content (AvgIpc) is 2.89. The normalized spacial score (nSPS) is 15.5. The van der Waals surface area contributed by atoms with Gasteiger partial charge in [0, 0.05) is 25.5 Å². The molecule has 0 atom stereocenters. The molecule has 2 aromatic rings. The molecule has 24 heavy (non-hydrogen) atoms. The summed E-state index contributed by atoms with van der Waals surface area (Å²) >= 11 is 0. The molecule has 3 heterocycles. The van der Waals surface area contributed by atoms with E-state index in [1.807, 2.05) is 0 Å². The van der Waals surface area contributed by atoms with Gasteiger partial charge in [0.05, 0.1) is 0 Å². The summed E-state index contributed by atoms with van der Waals surface area (Å²) in [6, 6.07) is 4.90. The van der Waals surface area contributed by atoms with Crippen molar-refractivity contribution >= 4 is 17.5 Å². The molecule has 1 saturated heterocycles. The minimum atomic E-state index is -1.09. The van der Waals surface area contributed by atoms with Gasteiger partial charge in [0.2, 0.25) is 5.91 Å². The molecule has 0 unspecified atom stereocenters. The molecule has 1 aliphatic rings.